The Morgan fingerprint density at radius 2 is 1.80 bits per heavy atom. The highest BCUT2D eigenvalue weighted by molar-refractivity contribution is 5.67. The fraction of sp³-hybridized carbons (Fsp3) is 0.286. The molecule has 15 heavy (non-hydrogen) atoms. The maximum absolute atomic E-state index is 11.1. The van der Waals surface area contributed by atoms with Gasteiger partial charge >= 0.3 is 0 Å². The smallest absolute Gasteiger partial charge is 0.132 e. The Hall–Kier alpha value is -1.59. The Kier molecular flexibility index (Phi) is 4.08. The van der Waals surface area contributed by atoms with Crippen molar-refractivity contribution < 1.29 is 4.79 Å². The third kappa shape index (κ3) is 3.23. The van der Waals surface area contributed by atoms with Gasteiger partial charge in [-0.3, -0.25) is 0 Å². The van der Waals surface area contributed by atoms with Gasteiger partial charge in [0.15, 0.2) is 0 Å². The largest absolute Gasteiger partial charge is 0.302 e. The van der Waals surface area contributed by atoms with Crippen LogP contribution in [-0.4, -0.2) is 6.29 Å². The van der Waals surface area contributed by atoms with Crippen LogP contribution >= 0.6 is 0 Å². The van der Waals surface area contributed by atoms with Crippen LogP contribution in [0.3, 0.4) is 0 Å². The minimum absolute atomic E-state index is 0.166. The molecule has 0 fully saturated rings. The molecule has 1 nitrogen and oxygen atoms in total. The van der Waals surface area contributed by atoms with Gasteiger partial charge in [0.25, 0.3) is 0 Å². The van der Waals surface area contributed by atoms with Gasteiger partial charge in [0.05, 0.1) is 5.92 Å². The van der Waals surface area contributed by atoms with Crippen molar-refractivity contribution in [3.05, 3.63) is 52.8 Å². The lowest BCUT2D eigenvalue weighted by molar-refractivity contribution is -0.108. The molecular formula is C14H16O. The second kappa shape index (κ2) is 5.33. The molecule has 0 bridgehead atoms. The topological polar surface area (TPSA) is 17.1 Å². The molecule has 1 unspecified atom stereocenters. The summed E-state index contributed by atoms with van der Waals surface area (Å²) in [6.07, 6.45) is 0.973. The lowest BCUT2D eigenvalue weighted by atomic mass is 9.94. The predicted molar refractivity (Wildman–Crippen MR) is 62.8 cm³/mol. The highest BCUT2D eigenvalue weighted by atomic mass is 16.1. The van der Waals surface area contributed by atoms with E-state index in [1.807, 2.05) is 51.1 Å². The molecule has 1 atom stereocenters. The van der Waals surface area contributed by atoms with Crippen molar-refractivity contribution in [1.29, 1.82) is 0 Å². The maximum Gasteiger partial charge on any atom is 0.132 e. The van der Waals surface area contributed by atoms with Gasteiger partial charge < -0.3 is 4.79 Å². The molecular weight excluding hydrogens is 184 g/mol. The normalized spacial score (nSPS) is 11.4. The van der Waals surface area contributed by atoms with Gasteiger partial charge in [-0.1, -0.05) is 30.3 Å². The monoisotopic (exact) mass is 200 g/mol. The van der Waals surface area contributed by atoms with E-state index in [0.717, 1.165) is 23.0 Å². The summed E-state index contributed by atoms with van der Waals surface area (Å²) in [5.74, 6) is -0.166. The average molecular weight is 200 g/mol. The van der Waals surface area contributed by atoms with Crippen LogP contribution in [0.2, 0.25) is 0 Å². The van der Waals surface area contributed by atoms with Crippen molar-refractivity contribution in [2.75, 3.05) is 0 Å². The van der Waals surface area contributed by atoms with Crippen LogP contribution in [0, 0.1) is 0 Å². The summed E-state index contributed by atoms with van der Waals surface area (Å²) < 4.78 is 0. The molecule has 1 aromatic rings. The van der Waals surface area contributed by atoms with Crippen LogP contribution < -0.4 is 0 Å². The summed E-state index contributed by atoms with van der Waals surface area (Å²) in [4.78, 5) is 11.1. The number of carbonyl (C=O) groups is 1. The molecule has 1 heteroatoms. The van der Waals surface area contributed by atoms with Crippen LogP contribution in [0.5, 0.6) is 0 Å². The summed E-state index contributed by atoms with van der Waals surface area (Å²) in [5.41, 5.74) is 6.28. The first-order valence-electron chi connectivity index (χ1n) is 5.06. The van der Waals surface area contributed by atoms with E-state index in [4.69, 9.17) is 0 Å². The molecule has 0 aromatic heterocycles. The Balaban J connectivity index is 3.12. The highest BCUT2D eigenvalue weighted by Gasteiger charge is 2.11. The summed E-state index contributed by atoms with van der Waals surface area (Å²) in [5, 5.41) is 0. The second-order valence-electron chi connectivity index (χ2n) is 3.83. The summed E-state index contributed by atoms with van der Waals surface area (Å²) in [7, 11) is 0. The molecule has 0 N–H and O–H groups in total. The van der Waals surface area contributed by atoms with Crippen LogP contribution in [-0.2, 0) is 4.79 Å². The number of allylic oxidation sites excluding steroid dienone is 1. The number of carbonyl (C=O) groups excluding carboxylic acids is 1. The average Bonchev–Trinajstić information content (AvgIpc) is 2.19. The zero-order valence-corrected chi connectivity index (χ0v) is 9.45. The van der Waals surface area contributed by atoms with Crippen LogP contribution in [0.15, 0.2) is 47.2 Å². The number of aldehydes is 1. The lowest BCUT2D eigenvalue weighted by Gasteiger charge is -2.09. The fourth-order valence-corrected chi connectivity index (χ4v) is 1.56. The molecule has 0 spiro atoms. The third-order valence-electron chi connectivity index (χ3n) is 2.21. The minimum atomic E-state index is -0.166. The molecule has 0 amide bonds. The van der Waals surface area contributed by atoms with Gasteiger partial charge in [0, 0.05) is 0 Å². The maximum atomic E-state index is 11.1. The Bertz CT molecular complexity index is 391. The SMILES string of the molecule is CC(C)=C=C(C)C(C=O)c1ccccc1. The first kappa shape index (κ1) is 11.5. The van der Waals surface area contributed by atoms with E-state index in [1.165, 1.54) is 0 Å². The quantitative estimate of drug-likeness (QED) is 0.539. The zero-order chi connectivity index (χ0) is 11.3. The summed E-state index contributed by atoms with van der Waals surface area (Å²) in [6.45, 7) is 5.91. The van der Waals surface area contributed by atoms with Crippen molar-refractivity contribution in [3.63, 3.8) is 0 Å². The van der Waals surface area contributed by atoms with E-state index in [9.17, 15) is 4.79 Å². The van der Waals surface area contributed by atoms with Gasteiger partial charge in [-0.2, -0.15) is 0 Å². The van der Waals surface area contributed by atoms with Crippen LogP contribution in [0.1, 0.15) is 32.3 Å². The number of benzene rings is 1. The highest BCUT2D eigenvalue weighted by Crippen LogP contribution is 2.20. The summed E-state index contributed by atoms with van der Waals surface area (Å²) in [6, 6.07) is 9.78. The van der Waals surface area contributed by atoms with Gasteiger partial charge in [-0.25, -0.2) is 0 Å². The number of hydrogen-bond acceptors (Lipinski definition) is 1. The number of hydrogen-bond donors (Lipinski definition) is 0. The molecule has 0 aliphatic rings. The predicted octanol–water partition coefficient (Wildman–Crippen LogP) is 3.48. The molecule has 0 saturated carbocycles. The first-order valence-corrected chi connectivity index (χ1v) is 5.06. The van der Waals surface area contributed by atoms with E-state index in [-0.39, 0.29) is 5.92 Å². The molecule has 0 heterocycles. The zero-order valence-electron chi connectivity index (χ0n) is 9.45. The second-order valence-corrected chi connectivity index (χ2v) is 3.83. The molecule has 0 aliphatic heterocycles. The van der Waals surface area contributed by atoms with Gasteiger partial charge in [0.2, 0.25) is 0 Å². The van der Waals surface area contributed by atoms with E-state index < -0.39 is 0 Å². The van der Waals surface area contributed by atoms with E-state index in [0.29, 0.717) is 0 Å². The minimum Gasteiger partial charge on any atom is -0.302 e. The van der Waals surface area contributed by atoms with Gasteiger partial charge in [0.1, 0.15) is 6.29 Å². The lowest BCUT2D eigenvalue weighted by Crippen LogP contribution is -2.00. The van der Waals surface area contributed by atoms with Crippen molar-refractivity contribution in [2.45, 2.75) is 26.7 Å². The van der Waals surface area contributed by atoms with E-state index in [1.54, 1.807) is 0 Å². The molecule has 1 aromatic carbocycles. The van der Waals surface area contributed by atoms with Crippen molar-refractivity contribution >= 4 is 6.29 Å². The van der Waals surface area contributed by atoms with E-state index >= 15 is 0 Å². The molecule has 0 radical (unpaired) electrons. The van der Waals surface area contributed by atoms with Crippen molar-refractivity contribution in [1.82, 2.24) is 0 Å². The first-order chi connectivity index (χ1) is 7.15. The molecule has 0 saturated heterocycles. The van der Waals surface area contributed by atoms with Crippen molar-refractivity contribution in [3.8, 4) is 0 Å². The third-order valence-corrected chi connectivity index (χ3v) is 2.21. The number of rotatable bonds is 3. The Labute approximate surface area is 91.1 Å². The molecule has 78 valence electrons. The van der Waals surface area contributed by atoms with Crippen molar-refractivity contribution in [2.24, 2.45) is 0 Å². The Morgan fingerprint density at radius 3 is 2.27 bits per heavy atom. The molecule has 1 rings (SSSR count). The van der Waals surface area contributed by atoms with Gasteiger partial charge in [-0.15, -0.1) is 5.73 Å². The van der Waals surface area contributed by atoms with Crippen LogP contribution in [0.4, 0.5) is 0 Å². The standard InChI is InChI=1S/C14H16O/c1-11(2)9-12(3)14(10-15)13-7-5-4-6-8-13/h4-8,10,14H,1-3H3. The summed E-state index contributed by atoms with van der Waals surface area (Å²) >= 11 is 0. The Morgan fingerprint density at radius 1 is 1.20 bits per heavy atom. The van der Waals surface area contributed by atoms with Crippen LogP contribution in [0.25, 0.3) is 0 Å². The van der Waals surface area contributed by atoms with E-state index in [2.05, 4.69) is 5.73 Å². The molecule has 0 aliphatic carbocycles. The van der Waals surface area contributed by atoms with Gasteiger partial charge in [-0.05, 0) is 37.5 Å². The fourth-order valence-electron chi connectivity index (χ4n) is 1.56.